The van der Waals surface area contributed by atoms with Gasteiger partial charge in [0.25, 0.3) is 5.91 Å². The maximum absolute atomic E-state index is 12.8. The summed E-state index contributed by atoms with van der Waals surface area (Å²) in [7, 11) is -3.64. The van der Waals surface area contributed by atoms with Crippen LogP contribution in [0.2, 0.25) is 0 Å². The summed E-state index contributed by atoms with van der Waals surface area (Å²) in [6.07, 6.45) is -5.28. The first-order valence-corrected chi connectivity index (χ1v) is 12.5. The largest absolute Gasteiger partial charge is 0.416 e. The molecule has 2 atom stereocenters. The molecule has 0 bridgehead atoms. The minimum Gasteiger partial charge on any atom is -0.391 e. The summed E-state index contributed by atoms with van der Waals surface area (Å²) in [5.41, 5.74) is 0.752. The second kappa shape index (κ2) is 11.2. The number of halogens is 3. The zero-order valence-electron chi connectivity index (χ0n) is 19.2. The highest BCUT2D eigenvalue weighted by Crippen LogP contribution is 2.29. The van der Waals surface area contributed by atoms with Gasteiger partial charge in [0, 0.05) is 43.1 Å². The van der Waals surface area contributed by atoms with Crippen molar-refractivity contribution < 1.29 is 36.3 Å². The molecule has 194 valence electrons. The molecule has 1 aliphatic heterocycles. The van der Waals surface area contributed by atoms with E-state index in [4.69, 9.17) is 0 Å². The Hall–Kier alpha value is -3.22. The number of hydrogen-bond acceptors (Lipinski definition) is 5. The Kier molecular flexibility index (Phi) is 8.54. The molecular weight excluding hydrogens is 499 g/mol. The molecule has 1 aliphatic rings. The fraction of sp³-hybridized carbons (Fsp3) is 0.333. The van der Waals surface area contributed by atoms with E-state index in [2.05, 4.69) is 16.6 Å². The zero-order chi connectivity index (χ0) is 26.5. The number of carbonyl (C=O) groups is 2. The first kappa shape index (κ1) is 27.4. The predicted molar refractivity (Wildman–Crippen MR) is 126 cm³/mol. The van der Waals surface area contributed by atoms with Crippen LogP contribution < -0.4 is 10.0 Å². The number of nitrogens with one attached hydrogen (secondary N) is 2. The fourth-order valence-electron chi connectivity index (χ4n) is 3.71. The maximum atomic E-state index is 12.8. The summed E-state index contributed by atoms with van der Waals surface area (Å²) in [6, 6.07) is 10.9. The maximum Gasteiger partial charge on any atom is 0.416 e. The van der Waals surface area contributed by atoms with Crippen molar-refractivity contribution in [1.82, 2.24) is 14.9 Å². The average molecular weight is 526 g/mol. The van der Waals surface area contributed by atoms with Gasteiger partial charge in [-0.25, -0.2) is 13.1 Å². The molecule has 1 saturated heterocycles. The second-order valence-corrected chi connectivity index (χ2v) is 10.2. The predicted octanol–water partition coefficient (Wildman–Crippen LogP) is 2.06. The van der Waals surface area contributed by atoms with Crippen molar-refractivity contribution in [3.8, 4) is 0 Å². The van der Waals surface area contributed by atoms with Crippen molar-refractivity contribution in [3.63, 3.8) is 0 Å². The SMILES string of the molecule is C=CS(=O)(=O)NCC1CN(C(=O)c2ccc(CC(=O)NCc3ccc(C(F)(F)F)cc3)cc2)CC1O. The van der Waals surface area contributed by atoms with Crippen LogP contribution in [0.4, 0.5) is 13.2 Å². The first-order chi connectivity index (χ1) is 16.9. The Morgan fingerprint density at radius 2 is 1.67 bits per heavy atom. The van der Waals surface area contributed by atoms with Crippen molar-refractivity contribution in [1.29, 1.82) is 0 Å². The molecule has 2 aromatic rings. The Balaban J connectivity index is 1.49. The summed E-state index contributed by atoms with van der Waals surface area (Å²) in [5.74, 6) is -1.13. The average Bonchev–Trinajstić information content (AvgIpc) is 3.21. The lowest BCUT2D eigenvalue weighted by Crippen LogP contribution is -2.33. The molecule has 2 aromatic carbocycles. The van der Waals surface area contributed by atoms with Crippen LogP contribution in [-0.2, 0) is 34.0 Å². The van der Waals surface area contributed by atoms with Gasteiger partial charge in [0.1, 0.15) is 0 Å². The van der Waals surface area contributed by atoms with Crippen molar-refractivity contribution in [2.75, 3.05) is 19.6 Å². The lowest BCUT2D eigenvalue weighted by atomic mass is 10.1. The highest BCUT2D eigenvalue weighted by atomic mass is 32.2. The van der Waals surface area contributed by atoms with Crippen molar-refractivity contribution >= 4 is 21.8 Å². The van der Waals surface area contributed by atoms with Gasteiger partial charge < -0.3 is 15.3 Å². The lowest BCUT2D eigenvalue weighted by molar-refractivity contribution is -0.137. The number of aliphatic hydroxyl groups excluding tert-OH is 1. The van der Waals surface area contributed by atoms with Gasteiger partial charge in [-0.15, -0.1) is 0 Å². The van der Waals surface area contributed by atoms with Gasteiger partial charge in [0.2, 0.25) is 15.9 Å². The summed E-state index contributed by atoms with van der Waals surface area (Å²) in [6.45, 7) is 3.49. The van der Waals surface area contributed by atoms with E-state index in [9.17, 15) is 36.3 Å². The fourth-order valence-corrected chi connectivity index (χ4v) is 4.27. The Bertz CT molecular complexity index is 1200. The lowest BCUT2D eigenvalue weighted by Gasteiger charge is -2.16. The van der Waals surface area contributed by atoms with E-state index in [0.717, 1.165) is 17.5 Å². The van der Waals surface area contributed by atoms with Crippen molar-refractivity contribution in [2.45, 2.75) is 25.2 Å². The smallest absolute Gasteiger partial charge is 0.391 e. The van der Waals surface area contributed by atoms with E-state index in [-0.39, 0.29) is 44.4 Å². The van der Waals surface area contributed by atoms with E-state index >= 15 is 0 Å². The third kappa shape index (κ3) is 7.39. The van der Waals surface area contributed by atoms with E-state index in [0.29, 0.717) is 16.7 Å². The van der Waals surface area contributed by atoms with E-state index < -0.39 is 33.8 Å². The molecule has 3 rings (SSSR count). The molecule has 0 aromatic heterocycles. The molecule has 2 amide bonds. The van der Waals surface area contributed by atoms with Crippen LogP contribution >= 0.6 is 0 Å². The van der Waals surface area contributed by atoms with Crippen LogP contribution in [0.15, 0.2) is 60.5 Å². The van der Waals surface area contributed by atoms with Crippen LogP contribution in [0.5, 0.6) is 0 Å². The molecule has 1 heterocycles. The van der Waals surface area contributed by atoms with Gasteiger partial charge >= 0.3 is 6.18 Å². The summed E-state index contributed by atoms with van der Waals surface area (Å²) < 4.78 is 63.2. The highest BCUT2D eigenvalue weighted by molar-refractivity contribution is 7.92. The molecule has 2 unspecified atom stereocenters. The highest BCUT2D eigenvalue weighted by Gasteiger charge is 2.34. The monoisotopic (exact) mass is 525 g/mol. The standard InChI is InChI=1S/C24H26F3N3O5S/c1-2-36(34,35)29-13-19-14-30(15-21(19)31)23(33)18-7-3-16(4-8-18)11-22(32)28-12-17-5-9-20(10-6-17)24(25,26)27/h2-10,19,21,29,31H,1,11-15H2,(H,28,32). The molecule has 0 spiro atoms. The molecule has 12 heteroatoms. The van der Waals surface area contributed by atoms with Gasteiger partial charge in [-0.2, -0.15) is 13.2 Å². The quantitative estimate of drug-likeness (QED) is 0.464. The van der Waals surface area contributed by atoms with E-state index in [1.54, 1.807) is 24.3 Å². The van der Waals surface area contributed by atoms with E-state index in [1.807, 2.05) is 0 Å². The number of sulfonamides is 1. The molecule has 36 heavy (non-hydrogen) atoms. The first-order valence-electron chi connectivity index (χ1n) is 11.0. The van der Waals surface area contributed by atoms with Crippen LogP contribution in [0.3, 0.4) is 0 Å². The number of nitrogens with zero attached hydrogens (tertiary/aromatic N) is 1. The number of hydrogen-bond donors (Lipinski definition) is 3. The summed E-state index contributed by atoms with van der Waals surface area (Å²) in [5, 5.41) is 13.6. The van der Waals surface area contributed by atoms with E-state index in [1.165, 1.54) is 17.0 Å². The summed E-state index contributed by atoms with van der Waals surface area (Å²) >= 11 is 0. The molecule has 0 aliphatic carbocycles. The van der Waals surface area contributed by atoms with Gasteiger partial charge in [-0.05, 0) is 35.4 Å². The molecule has 8 nitrogen and oxygen atoms in total. The Morgan fingerprint density at radius 3 is 2.25 bits per heavy atom. The van der Waals surface area contributed by atoms with Crippen LogP contribution in [0.25, 0.3) is 0 Å². The number of alkyl halides is 3. The van der Waals surface area contributed by atoms with Crippen molar-refractivity contribution in [2.24, 2.45) is 5.92 Å². The Morgan fingerprint density at radius 1 is 1.06 bits per heavy atom. The number of amides is 2. The number of rotatable bonds is 9. The van der Waals surface area contributed by atoms with Gasteiger partial charge in [0.05, 0.1) is 18.1 Å². The molecule has 1 fully saturated rings. The second-order valence-electron chi connectivity index (χ2n) is 8.44. The van der Waals surface area contributed by atoms with Crippen LogP contribution in [-0.4, -0.2) is 56.0 Å². The number of β-amino-alcohol motifs (C(OH)–C–C–N with tert-alkyl or cyclic N) is 1. The third-order valence-corrected chi connectivity index (χ3v) is 6.80. The van der Waals surface area contributed by atoms with Crippen LogP contribution in [0, 0.1) is 5.92 Å². The molecule has 0 radical (unpaired) electrons. The molecule has 0 saturated carbocycles. The number of aliphatic hydroxyl groups is 1. The number of likely N-dealkylation sites (tertiary alicyclic amines) is 1. The Labute approximate surface area is 206 Å². The topological polar surface area (TPSA) is 116 Å². The third-order valence-electron chi connectivity index (χ3n) is 5.80. The number of carbonyl (C=O) groups excluding carboxylic acids is 2. The van der Waals surface area contributed by atoms with Crippen LogP contribution in [0.1, 0.15) is 27.0 Å². The summed E-state index contributed by atoms with van der Waals surface area (Å²) in [4.78, 5) is 26.4. The van der Waals surface area contributed by atoms with Gasteiger partial charge in [-0.3, -0.25) is 9.59 Å². The minimum atomic E-state index is -4.42. The normalized spacial score (nSPS) is 18.2. The zero-order valence-corrected chi connectivity index (χ0v) is 20.0. The number of benzene rings is 2. The molecular formula is C24H26F3N3O5S. The van der Waals surface area contributed by atoms with Gasteiger partial charge in [0.15, 0.2) is 0 Å². The van der Waals surface area contributed by atoms with Gasteiger partial charge in [-0.1, -0.05) is 30.8 Å². The minimum absolute atomic E-state index is 0.0169. The van der Waals surface area contributed by atoms with Crippen molar-refractivity contribution in [3.05, 3.63) is 82.8 Å². The molecule has 3 N–H and O–H groups in total.